The summed E-state index contributed by atoms with van der Waals surface area (Å²) >= 11 is 1.52. The molecule has 0 aliphatic carbocycles. The number of aromatic nitrogens is 1. The topological polar surface area (TPSA) is 79.4 Å². The van der Waals surface area contributed by atoms with Crippen molar-refractivity contribution in [1.82, 2.24) is 9.29 Å². The lowest BCUT2D eigenvalue weighted by Crippen LogP contribution is -2.27. The van der Waals surface area contributed by atoms with Gasteiger partial charge in [-0.1, -0.05) is 29.8 Å². The van der Waals surface area contributed by atoms with Crippen LogP contribution in [0.2, 0.25) is 0 Å². The zero-order valence-electron chi connectivity index (χ0n) is 17.6. The number of aryl methyl sites for hydroxylation is 2. The van der Waals surface area contributed by atoms with Crippen LogP contribution in [-0.4, -0.2) is 36.7 Å². The van der Waals surface area contributed by atoms with E-state index in [1.54, 1.807) is 24.3 Å². The maximum Gasteiger partial charge on any atom is 0.243 e. The second-order valence-electron chi connectivity index (χ2n) is 7.73. The molecule has 8 heteroatoms. The Labute approximate surface area is 187 Å². The van der Waals surface area contributed by atoms with Crippen LogP contribution in [-0.2, 0) is 21.2 Å². The van der Waals surface area contributed by atoms with Gasteiger partial charge in [0.25, 0.3) is 0 Å². The second-order valence-corrected chi connectivity index (χ2v) is 11.0. The van der Waals surface area contributed by atoms with Gasteiger partial charge in [0.15, 0.2) is 0 Å². The van der Waals surface area contributed by atoms with Gasteiger partial charge < -0.3 is 5.32 Å². The van der Waals surface area contributed by atoms with Gasteiger partial charge in [-0.2, -0.15) is 4.31 Å². The van der Waals surface area contributed by atoms with Crippen molar-refractivity contribution in [3.05, 3.63) is 64.0 Å². The quantitative estimate of drug-likeness (QED) is 0.598. The molecule has 1 aliphatic rings. The maximum atomic E-state index is 12.7. The number of hydrogen-bond donors (Lipinski definition) is 1. The van der Waals surface area contributed by atoms with Crippen LogP contribution >= 0.6 is 11.3 Å². The molecular weight excluding hydrogens is 430 g/mol. The van der Waals surface area contributed by atoms with Crippen molar-refractivity contribution in [1.29, 1.82) is 0 Å². The summed E-state index contributed by atoms with van der Waals surface area (Å²) < 4.78 is 26.8. The van der Waals surface area contributed by atoms with E-state index in [-0.39, 0.29) is 17.2 Å². The third-order valence-corrected chi connectivity index (χ3v) is 8.17. The minimum Gasteiger partial charge on any atom is -0.326 e. The van der Waals surface area contributed by atoms with Gasteiger partial charge in [0.1, 0.15) is 0 Å². The summed E-state index contributed by atoms with van der Waals surface area (Å²) in [4.78, 5) is 18.4. The fourth-order valence-electron chi connectivity index (χ4n) is 3.66. The van der Waals surface area contributed by atoms with E-state index < -0.39 is 10.0 Å². The van der Waals surface area contributed by atoms with Gasteiger partial charge in [0.05, 0.1) is 22.0 Å². The summed E-state index contributed by atoms with van der Waals surface area (Å²) in [6, 6.07) is 14.5. The van der Waals surface area contributed by atoms with Gasteiger partial charge in [0, 0.05) is 29.2 Å². The molecule has 0 atom stereocenters. The third kappa shape index (κ3) is 4.87. The summed E-state index contributed by atoms with van der Waals surface area (Å²) in [6.07, 6.45) is 2.01. The number of thiazole rings is 1. The Morgan fingerprint density at radius 1 is 1.03 bits per heavy atom. The van der Waals surface area contributed by atoms with Crippen molar-refractivity contribution in [2.45, 2.75) is 38.0 Å². The lowest BCUT2D eigenvalue weighted by atomic mass is 10.1. The number of carbonyl (C=O) groups excluding carboxylic acids is 1. The first kappa shape index (κ1) is 21.7. The number of benzene rings is 2. The number of hydrogen-bond acceptors (Lipinski definition) is 5. The molecule has 0 saturated carbocycles. The van der Waals surface area contributed by atoms with Crippen molar-refractivity contribution in [3.63, 3.8) is 0 Å². The number of rotatable bonds is 6. The smallest absolute Gasteiger partial charge is 0.243 e. The number of nitrogens with one attached hydrogen (secondary N) is 1. The van der Waals surface area contributed by atoms with Gasteiger partial charge in [0.2, 0.25) is 15.9 Å². The van der Waals surface area contributed by atoms with Crippen LogP contribution in [0.25, 0.3) is 11.3 Å². The Morgan fingerprint density at radius 3 is 2.32 bits per heavy atom. The first-order valence-corrected chi connectivity index (χ1v) is 12.5. The fraction of sp³-hybridized carbons (Fsp3) is 0.304. The van der Waals surface area contributed by atoms with Gasteiger partial charge >= 0.3 is 0 Å². The molecule has 2 aromatic carbocycles. The Bertz CT molecular complexity index is 1180. The minimum atomic E-state index is -3.46. The van der Waals surface area contributed by atoms with Gasteiger partial charge in [-0.05, 0) is 51.0 Å². The van der Waals surface area contributed by atoms with Crippen LogP contribution in [0.5, 0.6) is 0 Å². The molecule has 162 valence electrons. The number of nitrogens with zero attached hydrogens (tertiary/aromatic N) is 2. The lowest BCUT2D eigenvalue weighted by molar-refractivity contribution is -0.115. The summed E-state index contributed by atoms with van der Waals surface area (Å²) in [5.41, 5.74) is 3.58. The second kappa shape index (κ2) is 8.90. The summed E-state index contributed by atoms with van der Waals surface area (Å²) in [6.45, 7) is 5.10. The average molecular weight is 456 g/mol. The molecule has 3 aromatic rings. The molecule has 0 unspecified atom stereocenters. The molecule has 6 nitrogen and oxygen atoms in total. The standard InChI is InChI=1S/C23H25N3O3S2/c1-16-5-7-18(8-6-16)23-21(30-17(2)24-23)15-22(27)25-19-9-11-20(12-10-19)31(28,29)26-13-3-4-14-26/h5-12H,3-4,13-15H2,1-2H3,(H,25,27). The highest BCUT2D eigenvalue weighted by Gasteiger charge is 2.27. The van der Waals surface area contributed by atoms with Crippen LogP contribution in [0.3, 0.4) is 0 Å². The van der Waals surface area contributed by atoms with E-state index in [9.17, 15) is 13.2 Å². The minimum absolute atomic E-state index is 0.160. The molecule has 31 heavy (non-hydrogen) atoms. The summed E-state index contributed by atoms with van der Waals surface area (Å²) in [5.74, 6) is -0.160. The molecule has 1 aromatic heterocycles. The predicted octanol–water partition coefficient (Wildman–Crippen LogP) is 4.39. The number of sulfonamides is 1. The molecule has 0 spiro atoms. The normalized spacial score (nSPS) is 14.6. The monoisotopic (exact) mass is 455 g/mol. The Balaban J connectivity index is 1.45. The van der Waals surface area contributed by atoms with Crippen molar-refractivity contribution in [3.8, 4) is 11.3 Å². The highest BCUT2D eigenvalue weighted by atomic mass is 32.2. The van der Waals surface area contributed by atoms with Crippen molar-refractivity contribution < 1.29 is 13.2 Å². The average Bonchev–Trinajstić information content (AvgIpc) is 3.39. The first-order chi connectivity index (χ1) is 14.8. The number of anilines is 1. The first-order valence-electron chi connectivity index (χ1n) is 10.3. The van der Waals surface area contributed by atoms with Crippen LogP contribution in [0, 0.1) is 13.8 Å². The van der Waals surface area contributed by atoms with Crippen LogP contribution < -0.4 is 5.32 Å². The van der Waals surface area contributed by atoms with E-state index in [2.05, 4.69) is 10.3 Å². The van der Waals surface area contributed by atoms with Crippen LogP contribution in [0.4, 0.5) is 5.69 Å². The third-order valence-electron chi connectivity index (χ3n) is 5.29. The van der Waals surface area contributed by atoms with Crippen molar-refractivity contribution in [2.24, 2.45) is 0 Å². The van der Waals surface area contributed by atoms with Crippen LogP contribution in [0.15, 0.2) is 53.4 Å². The fourth-order valence-corrected chi connectivity index (χ4v) is 6.14. The molecule has 1 saturated heterocycles. The maximum absolute atomic E-state index is 12.7. The van der Waals surface area contributed by atoms with Gasteiger partial charge in [-0.15, -0.1) is 11.3 Å². The van der Waals surface area contributed by atoms with E-state index in [0.29, 0.717) is 18.8 Å². The molecule has 0 bridgehead atoms. The zero-order valence-corrected chi connectivity index (χ0v) is 19.2. The van der Waals surface area contributed by atoms with E-state index in [1.165, 1.54) is 21.2 Å². The Hall–Kier alpha value is -2.55. The highest BCUT2D eigenvalue weighted by Crippen LogP contribution is 2.29. The van der Waals surface area contributed by atoms with Gasteiger partial charge in [-0.25, -0.2) is 13.4 Å². The molecule has 4 rings (SSSR count). The largest absolute Gasteiger partial charge is 0.326 e. The Morgan fingerprint density at radius 2 is 1.68 bits per heavy atom. The van der Waals surface area contributed by atoms with E-state index >= 15 is 0 Å². The summed E-state index contributed by atoms with van der Waals surface area (Å²) in [5, 5.41) is 3.78. The van der Waals surface area contributed by atoms with Crippen molar-refractivity contribution in [2.75, 3.05) is 18.4 Å². The molecule has 1 amide bonds. The predicted molar refractivity (Wildman–Crippen MR) is 124 cm³/mol. The summed E-state index contributed by atoms with van der Waals surface area (Å²) in [7, 11) is -3.46. The molecule has 0 radical (unpaired) electrons. The molecule has 1 fully saturated rings. The molecule has 2 heterocycles. The highest BCUT2D eigenvalue weighted by molar-refractivity contribution is 7.89. The van der Waals surface area contributed by atoms with Crippen LogP contribution in [0.1, 0.15) is 28.3 Å². The van der Waals surface area contributed by atoms with E-state index in [4.69, 9.17) is 0 Å². The molecule has 1 aliphatic heterocycles. The zero-order chi connectivity index (χ0) is 22.0. The number of carbonyl (C=O) groups is 1. The number of amides is 1. The molecular formula is C23H25N3O3S2. The Kier molecular flexibility index (Phi) is 6.22. The lowest BCUT2D eigenvalue weighted by Gasteiger charge is -2.15. The SMILES string of the molecule is Cc1ccc(-c2nc(C)sc2CC(=O)Nc2ccc(S(=O)(=O)N3CCCC3)cc2)cc1. The molecule has 1 N–H and O–H groups in total. The van der Waals surface area contributed by atoms with E-state index in [0.717, 1.165) is 34.0 Å². The van der Waals surface area contributed by atoms with Gasteiger partial charge in [-0.3, -0.25) is 4.79 Å². The van der Waals surface area contributed by atoms with E-state index in [1.807, 2.05) is 38.1 Å². The van der Waals surface area contributed by atoms with Crippen molar-refractivity contribution >= 4 is 33.0 Å².